The zero-order valence-electron chi connectivity index (χ0n) is 15.4. The molecule has 2 unspecified atom stereocenters. The second-order valence-corrected chi connectivity index (χ2v) is 7.10. The van der Waals surface area contributed by atoms with Crippen molar-refractivity contribution in [1.29, 1.82) is 0 Å². The van der Waals surface area contributed by atoms with Crippen LogP contribution in [0.5, 0.6) is 0 Å². The Morgan fingerprint density at radius 3 is 2.76 bits per heavy atom. The molecule has 0 radical (unpaired) electrons. The average molecular weight is 367 g/mol. The van der Waals surface area contributed by atoms with Gasteiger partial charge >= 0.3 is 5.97 Å². The quantitative estimate of drug-likeness (QED) is 0.809. The molecule has 6 heteroatoms. The first kappa shape index (κ1) is 19.7. The van der Waals surface area contributed by atoms with Crippen molar-refractivity contribution in [3.63, 3.8) is 0 Å². The van der Waals surface area contributed by atoms with Gasteiger partial charge in [0.25, 0.3) is 0 Å². The van der Waals surface area contributed by atoms with E-state index in [0.717, 1.165) is 30.5 Å². The van der Waals surface area contributed by atoms with Crippen molar-refractivity contribution in [1.82, 2.24) is 4.90 Å². The van der Waals surface area contributed by atoms with Gasteiger partial charge in [-0.1, -0.05) is 17.7 Å². The fraction of sp³-hybridized carbons (Fsp3) is 0.579. The number of halogens is 1. The summed E-state index contributed by atoms with van der Waals surface area (Å²) >= 11 is 6.28. The standard InChI is InChI=1S/C19H27ClN2O3/c1-5-25-19(24)15-7-6-8-22(11-15)14(4)18(23)21-17-13(3)9-12(2)10-16(17)20/h9-10,14-15H,5-8,11H2,1-4H3,(H,21,23). The van der Waals surface area contributed by atoms with Crippen LogP contribution in [0.3, 0.4) is 0 Å². The summed E-state index contributed by atoms with van der Waals surface area (Å²) in [5.74, 6) is -0.441. The van der Waals surface area contributed by atoms with Crippen LogP contribution in [0.4, 0.5) is 5.69 Å². The average Bonchev–Trinajstić information content (AvgIpc) is 2.57. The van der Waals surface area contributed by atoms with Crippen LogP contribution in [0.2, 0.25) is 5.02 Å². The summed E-state index contributed by atoms with van der Waals surface area (Å²) < 4.78 is 5.12. The number of nitrogens with zero attached hydrogens (tertiary/aromatic N) is 1. The van der Waals surface area contributed by atoms with Crippen molar-refractivity contribution in [2.45, 2.75) is 46.6 Å². The number of carbonyl (C=O) groups excluding carboxylic acids is 2. The van der Waals surface area contributed by atoms with Gasteiger partial charge in [-0.15, -0.1) is 0 Å². The zero-order chi connectivity index (χ0) is 18.6. The Labute approximate surface area is 154 Å². The number of anilines is 1. The number of nitrogens with one attached hydrogen (secondary N) is 1. The normalized spacial score (nSPS) is 19.3. The van der Waals surface area contributed by atoms with Crippen molar-refractivity contribution in [2.75, 3.05) is 25.0 Å². The third kappa shape index (κ3) is 4.95. The lowest BCUT2D eigenvalue weighted by Gasteiger charge is -2.35. The summed E-state index contributed by atoms with van der Waals surface area (Å²) in [6.07, 6.45) is 1.69. The van der Waals surface area contributed by atoms with E-state index < -0.39 is 0 Å². The van der Waals surface area contributed by atoms with E-state index in [-0.39, 0.29) is 23.8 Å². The minimum absolute atomic E-state index is 0.113. The summed E-state index contributed by atoms with van der Waals surface area (Å²) in [6.45, 7) is 9.30. The fourth-order valence-corrected chi connectivity index (χ4v) is 3.65. The van der Waals surface area contributed by atoms with E-state index in [4.69, 9.17) is 16.3 Å². The topological polar surface area (TPSA) is 58.6 Å². The van der Waals surface area contributed by atoms with Gasteiger partial charge in [0.2, 0.25) is 5.91 Å². The first-order chi connectivity index (χ1) is 11.8. The monoisotopic (exact) mass is 366 g/mol. The lowest BCUT2D eigenvalue weighted by atomic mass is 9.97. The fourth-order valence-electron chi connectivity index (χ4n) is 3.28. The Hall–Kier alpha value is -1.59. The lowest BCUT2D eigenvalue weighted by molar-refractivity contribution is -0.150. The van der Waals surface area contributed by atoms with Crippen LogP contribution >= 0.6 is 11.6 Å². The SMILES string of the molecule is CCOC(=O)C1CCCN(C(C)C(=O)Nc2c(C)cc(C)cc2Cl)C1. The summed E-state index contributed by atoms with van der Waals surface area (Å²) in [5, 5.41) is 3.49. The molecule has 1 N–H and O–H groups in total. The van der Waals surface area contributed by atoms with E-state index >= 15 is 0 Å². The molecule has 0 aromatic heterocycles. The van der Waals surface area contributed by atoms with Crippen molar-refractivity contribution in [3.8, 4) is 0 Å². The van der Waals surface area contributed by atoms with Crippen LogP contribution in [-0.4, -0.2) is 42.5 Å². The van der Waals surface area contributed by atoms with Crippen LogP contribution < -0.4 is 5.32 Å². The van der Waals surface area contributed by atoms with Gasteiger partial charge in [-0.2, -0.15) is 0 Å². The van der Waals surface area contributed by atoms with Gasteiger partial charge in [-0.25, -0.2) is 0 Å². The van der Waals surface area contributed by atoms with Gasteiger partial charge in [0, 0.05) is 6.54 Å². The number of hydrogen-bond acceptors (Lipinski definition) is 4. The van der Waals surface area contributed by atoms with Crippen molar-refractivity contribution >= 4 is 29.2 Å². The molecule has 1 amide bonds. The molecule has 2 rings (SSSR count). The highest BCUT2D eigenvalue weighted by Gasteiger charge is 2.31. The van der Waals surface area contributed by atoms with Gasteiger partial charge in [-0.3, -0.25) is 14.5 Å². The summed E-state index contributed by atoms with van der Waals surface area (Å²) in [6, 6.07) is 3.49. The Kier molecular flexibility index (Phi) is 6.85. The van der Waals surface area contributed by atoms with Gasteiger partial charge in [0.1, 0.15) is 0 Å². The Bertz CT molecular complexity index is 625. The number of ether oxygens (including phenoxy) is 1. The highest BCUT2D eigenvalue weighted by atomic mass is 35.5. The molecular formula is C19H27ClN2O3. The van der Waals surface area contributed by atoms with E-state index in [2.05, 4.69) is 5.32 Å². The summed E-state index contributed by atoms with van der Waals surface area (Å²) in [7, 11) is 0. The van der Waals surface area contributed by atoms with Crippen LogP contribution in [0.15, 0.2) is 12.1 Å². The molecule has 0 saturated carbocycles. The minimum atomic E-state index is -0.339. The van der Waals surface area contributed by atoms with Crippen LogP contribution in [0.25, 0.3) is 0 Å². The van der Waals surface area contributed by atoms with Gasteiger partial charge in [0.15, 0.2) is 0 Å². The van der Waals surface area contributed by atoms with Crippen molar-refractivity contribution in [3.05, 3.63) is 28.3 Å². The largest absolute Gasteiger partial charge is 0.466 e. The van der Waals surface area contributed by atoms with Gasteiger partial charge in [-0.05, 0) is 64.3 Å². The third-order valence-electron chi connectivity index (χ3n) is 4.68. The molecule has 1 aromatic rings. The molecule has 0 aliphatic carbocycles. The minimum Gasteiger partial charge on any atom is -0.466 e. The number of piperidine rings is 1. The first-order valence-corrected chi connectivity index (χ1v) is 9.19. The van der Waals surface area contributed by atoms with Gasteiger partial charge < -0.3 is 10.1 Å². The van der Waals surface area contributed by atoms with E-state index in [9.17, 15) is 9.59 Å². The number of aryl methyl sites for hydroxylation is 2. The maximum atomic E-state index is 12.7. The highest BCUT2D eigenvalue weighted by molar-refractivity contribution is 6.34. The van der Waals surface area contributed by atoms with E-state index in [1.54, 1.807) is 0 Å². The maximum Gasteiger partial charge on any atom is 0.310 e. The molecule has 138 valence electrons. The highest BCUT2D eigenvalue weighted by Crippen LogP contribution is 2.28. The molecule has 1 heterocycles. The molecule has 25 heavy (non-hydrogen) atoms. The van der Waals surface area contributed by atoms with E-state index in [0.29, 0.717) is 23.9 Å². The number of carbonyl (C=O) groups is 2. The lowest BCUT2D eigenvalue weighted by Crippen LogP contribution is -2.48. The molecule has 0 bridgehead atoms. The maximum absolute atomic E-state index is 12.7. The van der Waals surface area contributed by atoms with Crippen molar-refractivity contribution in [2.24, 2.45) is 5.92 Å². The number of esters is 1. The third-order valence-corrected chi connectivity index (χ3v) is 4.98. The number of amides is 1. The van der Waals surface area contributed by atoms with E-state index in [1.165, 1.54) is 0 Å². The van der Waals surface area contributed by atoms with Crippen LogP contribution in [-0.2, 0) is 14.3 Å². The molecule has 1 fully saturated rings. The Morgan fingerprint density at radius 1 is 1.40 bits per heavy atom. The molecule has 1 saturated heterocycles. The number of rotatable bonds is 5. The summed E-state index contributed by atoms with van der Waals surface area (Å²) in [5.41, 5.74) is 2.65. The predicted molar refractivity (Wildman–Crippen MR) is 99.9 cm³/mol. The van der Waals surface area contributed by atoms with Crippen molar-refractivity contribution < 1.29 is 14.3 Å². The second kappa shape index (κ2) is 8.68. The summed E-state index contributed by atoms with van der Waals surface area (Å²) in [4.78, 5) is 26.7. The number of benzene rings is 1. The number of likely N-dealkylation sites (tertiary alicyclic amines) is 1. The molecule has 1 aliphatic rings. The molecule has 0 spiro atoms. The zero-order valence-corrected chi connectivity index (χ0v) is 16.2. The Balaban J connectivity index is 2.03. The molecular weight excluding hydrogens is 340 g/mol. The Morgan fingerprint density at radius 2 is 2.12 bits per heavy atom. The number of hydrogen-bond donors (Lipinski definition) is 1. The smallest absolute Gasteiger partial charge is 0.310 e. The first-order valence-electron chi connectivity index (χ1n) is 8.81. The van der Waals surface area contributed by atoms with Crippen LogP contribution in [0, 0.1) is 19.8 Å². The second-order valence-electron chi connectivity index (χ2n) is 6.69. The predicted octanol–water partition coefficient (Wildman–Crippen LogP) is 3.56. The molecule has 2 atom stereocenters. The van der Waals surface area contributed by atoms with E-state index in [1.807, 2.05) is 44.7 Å². The molecule has 5 nitrogen and oxygen atoms in total. The van der Waals surface area contributed by atoms with Crippen LogP contribution in [0.1, 0.15) is 37.8 Å². The molecule has 1 aliphatic heterocycles. The van der Waals surface area contributed by atoms with Gasteiger partial charge in [0.05, 0.1) is 29.3 Å². The molecule has 1 aromatic carbocycles.